The molecule has 10 heavy (non-hydrogen) atoms. The summed E-state index contributed by atoms with van der Waals surface area (Å²) in [5, 5.41) is 0. The first-order valence-electron chi connectivity index (χ1n) is 3.93. The Labute approximate surface area is 67.5 Å². The van der Waals surface area contributed by atoms with Crippen LogP contribution in [-0.4, -0.2) is 16.8 Å². The van der Waals surface area contributed by atoms with Gasteiger partial charge in [0.15, 0.2) is 0 Å². The van der Waals surface area contributed by atoms with Crippen LogP contribution < -0.4 is 0 Å². The third-order valence-electron chi connectivity index (χ3n) is 1.79. The van der Waals surface area contributed by atoms with Gasteiger partial charge in [-0.3, -0.25) is 0 Å². The summed E-state index contributed by atoms with van der Waals surface area (Å²) in [5.74, 6) is 0. The molecule has 1 nitrogen and oxygen atoms in total. The molecular formula is C8H16OS. The summed E-state index contributed by atoms with van der Waals surface area (Å²) in [5.41, 5.74) is 0.448. The van der Waals surface area contributed by atoms with E-state index in [4.69, 9.17) is 4.74 Å². The zero-order valence-electron chi connectivity index (χ0n) is 7.02. The Kier molecular flexibility index (Phi) is 2.64. The van der Waals surface area contributed by atoms with Crippen LogP contribution in [0.15, 0.2) is 0 Å². The van der Waals surface area contributed by atoms with Crippen LogP contribution in [0.3, 0.4) is 0 Å². The fraction of sp³-hybridized carbons (Fsp3) is 1.00. The first-order valence-corrected chi connectivity index (χ1v) is 4.81. The molecular weight excluding hydrogens is 144 g/mol. The van der Waals surface area contributed by atoms with Crippen LogP contribution in [0.5, 0.6) is 0 Å². The second kappa shape index (κ2) is 3.14. The maximum Gasteiger partial charge on any atom is 0.103 e. The van der Waals surface area contributed by atoms with E-state index >= 15 is 0 Å². The van der Waals surface area contributed by atoms with Gasteiger partial charge in [-0.2, -0.15) is 0 Å². The van der Waals surface area contributed by atoms with Crippen LogP contribution >= 0.6 is 11.8 Å². The van der Waals surface area contributed by atoms with Crippen LogP contribution in [0.1, 0.15) is 33.6 Å². The van der Waals surface area contributed by atoms with Crippen LogP contribution in [0.25, 0.3) is 0 Å². The summed E-state index contributed by atoms with van der Waals surface area (Å²) in [6, 6.07) is 0. The Balaban J connectivity index is 2.40. The maximum absolute atomic E-state index is 5.53. The second-order valence-corrected chi connectivity index (χ2v) is 5.20. The molecule has 0 amide bonds. The highest BCUT2D eigenvalue weighted by Gasteiger charge is 2.27. The standard InChI is InChI=1S/C8H16OS/c1-4-7-9-6-5-8(2,3)10-7/h7H,4-6H2,1-3H3/t7-/m1/s1. The third kappa shape index (κ3) is 2.17. The molecule has 1 fully saturated rings. The zero-order chi connectivity index (χ0) is 7.61. The Bertz CT molecular complexity index is 112. The van der Waals surface area contributed by atoms with E-state index in [-0.39, 0.29) is 0 Å². The van der Waals surface area contributed by atoms with E-state index in [1.165, 1.54) is 6.42 Å². The fourth-order valence-corrected chi connectivity index (χ4v) is 2.33. The van der Waals surface area contributed by atoms with Gasteiger partial charge in [0.2, 0.25) is 0 Å². The van der Waals surface area contributed by atoms with E-state index in [0.717, 1.165) is 13.0 Å². The number of ether oxygens (including phenoxy) is 1. The number of rotatable bonds is 1. The molecule has 1 aliphatic heterocycles. The maximum atomic E-state index is 5.53. The minimum atomic E-state index is 0.443. The lowest BCUT2D eigenvalue weighted by Crippen LogP contribution is -2.29. The molecule has 0 unspecified atom stereocenters. The SMILES string of the molecule is CC[C@@H]1OCCC(C)(C)S1. The molecule has 1 atom stereocenters. The number of hydrogen-bond acceptors (Lipinski definition) is 2. The van der Waals surface area contributed by atoms with Gasteiger partial charge in [0.25, 0.3) is 0 Å². The van der Waals surface area contributed by atoms with Gasteiger partial charge in [0.1, 0.15) is 5.44 Å². The van der Waals surface area contributed by atoms with Crippen LogP contribution in [-0.2, 0) is 4.74 Å². The van der Waals surface area contributed by atoms with Gasteiger partial charge in [-0.15, -0.1) is 11.8 Å². The quantitative estimate of drug-likeness (QED) is 0.583. The Morgan fingerprint density at radius 1 is 1.60 bits per heavy atom. The van der Waals surface area contributed by atoms with Crippen molar-refractivity contribution in [3.05, 3.63) is 0 Å². The smallest absolute Gasteiger partial charge is 0.103 e. The lowest BCUT2D eigenvalue weighted by molar-refractivity contribution is 0.0901. The summed E-state index contributed by atoms with van der Waals surface area (Å²) in [4.78, 5) is 0. The van der Waals surface area contributed by atoms with Crippen LogP contribution in [0.2, 0.25) is 0 Å². The number of hydrogen-bond donors (Lipinski definition) is 0. The van der Waals surface area contributed by atoms with Gasteiger partial charge in [-0.05, 0) is 12.8 Å². The van der Waals surface area contributed by atoms with Gasteiger partial charge in [-0.25, -0.2) is 0 Å². The van der Waals surface area contributed by atoms with E-state index < -0.39 is 0 Å². The Morgan fingerprint density at radius 2 is 2.30 bits per heavy atom. The normalized spacial score (nSPS) is 32.1. The second-order valence-electron chi connectivity index (χ2n) is 3.34. The van der Waals surface area contributed by atoms with Gasteiger partial charge in [0.05, 0.1) is 0 Å². The molecule has 2 heteroatoms. The first-order chi connectivity index (χ1) is 4.64. The average Bonchev–Trinajstić information content (AvgIpc) is 1.86. The highest BCUT2D eigenvalue weighted by molar-refractivity contribution is 8.01. The molecule has 1 heterocycles. The first kappa shape index (κ1) is 8.41. The largest absolute Gasteiger partial charge is 0.368 e. The van der Waals surface area contributed by atoms with Gasteiger partial charge >= 0.3 is 0 Å². The van der Waals surface area contributed by atoms with Crippen molar-refractivity contribution in [2.75, 3.05) is 6.61 Å². The molecule has 0 aromatic heterocycles. The summed E-state index contributed by atoms with van der Waals surface area (Å²) < 4.78 is 5.97. The highest BCUT2D eigenvalue weighted by Crippen LogP contribution is 2.37. The van der Waals surface area contributed by atoms with Crippen LogP contribution in [0.4, 0.5) is 0 Å². The molecule has 0 spiro atoms. The third-order valence-corrected chi connectivity index (χ3v) is 3.37. The predicted octanol–water partition coefficient (Wildman–Crippen LogP) is 2.65. The van der Waals surface area contributed by atoms with E-state index in [9.17, 15) is 0 Å². The average molecular weight is 160 g/mol. The molecule has 60 valence electrons. The molecule has 0 aromatic rings. The summed E-state index contributed by atoms with van der Waals surface area (Å²) in [6.45, 7) is 7.71. The summed E-state index contributed by atoms with van der Waals surface area (Å²) in [7, 11) is 0. The van der Waals surface area contributed by atoms with E-state index in [2.05, 4.69) is 20.8 Å². The van der Waals surface area contributed by atoms with Crippen molar-refractivity contribution in [2.45, 2.75) is 43.8 Å². The molecule has 0 radical (unpaired) electrons. The topological polar surface area (TPSA) is 9.23 Å². The fourth-order valence-electron chi connectivity index (χ4n) is 1.09. The van der Waals surface area contributed by atoms with Gasteiger partial charge in [0, 0.05) is 11.4 Å². The minimum Gasteiger partial charge on any atom is -0.368 e. The molecule has 0 bridgehead atoms. The molecule has 0 aliphatic carbocycles. The molecule has 1 saturated heterocycles. The lowest BCUT2D eigenvalue weighted by Gasteiger charge is -2.34. The van der Waals surface area contributed by atoms with Gasteiger partial charge in [-0.1, -0.05) is 20.8 Å². The molecule has 1 rings (SSSR count). The van der Waals surface area contributed by atoms with Crippen molar-refractivity contribution < 1.29 is 4.74 Å². The lowest BCUT2D eigenvalue weighted by atomic mass is 10.1. The van der Waals surface area contributed by atoms with Crippen LogP contribution in [0, 0.1) is 0 Å². The van der Waals surface area contributed by atoms with E-state index in [1.54, 1.807) is 0 Å². The van der Waals surface area contributed by atoms with Crippen molar-refractivity contribution in [3.8, 4) is 0 Å². The Hall–Kier alpha value is 0.310. The van der Waals surface area contributed by atoms with Crippen molar-refractivity contribution in [2.24, 2.45) is 0 Å². The van der Waals surface area contributed by atoms with Crippen molar-refractivity contribution in [1.82, 2.24) is 0 Å². The molecule has 0 N–H and O–H groups in total. The molecule has 0 aromatic carbocycles. The van der Waals surface area contributed by atoms with E-state index in [1.807, 2.05) is 11.8 Å². The summed E-state index contributed by atoms with van der Waals surface area (Å²) >= 11 is 1.97. The van der Waals surface area contributed by atoms with Crippen molar-refractivity contribution in [3.63, 3.8) is 0 Å². The van der Waals surface area contributed by atoms with Crippen molar-refractivity contribution >= 4 is 11.8 Å². The number of thioether (sulfide) groups is 1. The zero-order valence-corrected chi connectivity index (χ0v) is 7.83. The molecule has 1 aliphatic rings. The van der Waals surface area contributed by atoms with Gasteiger partial charge < -0.3 is 4.74 Å². The molecule has 0 saturated carbocycles. The monoisotopic (exact) mass is 160 g/mol. The minimum absolute atomic E-state index is 0.443. The van der Waals surface area contributed by atoms with E-state index in [0.29, 0.717) is 10.2 Å². The highest BCUT2D eigenvalue weighted by atomic mass is 32.2. The Morgan fingerprint density at radius 3 is 2.70 bits per heavy atom. The van der Waals surface area contributed by atoms with Crippen molar-refractivity contribution in [1.29, 1.82) is 0 Å². The summed E-state index contributed by atoms with van der Waals surface area (Å²) in [6.07, 6.45) is 2.32. The predicted molar refractivity (Wildman–Crippen MR) is 46.3 cm³/mol.